The third-order valence-electron chi connectivity index (χ3n) is 2.29. The van der Waals surface area contributed by atoms with E-state index in [0.717, 1.165) is 0 Å². The van der Waals surface area contributed by atoms with Crippen LogP contribution in [0.1, 0.15) is 12.5 Å². The fraction of sp³-hybridized carbons (Fsp3) is 0.273. The predicted molar refractivity (Wildman–Crippen MR) is 63.6 cm³/mol. The summed E-state index contributed by atoms with van der Waals surface area (Å²) >= 11 is 0. The Kier molecular flexibility index (Phi) is 4.36. The molecule has 0 fully saturated rings. The summed E-state index contributed by atoms with van der Waals surface area (Å²) in [6.45, 7) is 1.47. The number of nitro groups is 1. The molecular formula is C11H13N3O4. The van der Waals surface area contributed by atoms with Crippen LogP contribution in [0.15, 0.2) is 24.3 Å². The first-order valence-corrected chi connectivity index (χ1v) is 5.22. The van der Waals surface area contributed by atoms with Crippen LogP contribution in [-0.4, -0.2) is 22.8 Å². The first kappa shape index (κ1) is 13.6. The number of nitrogens with one attached hydrogen (secondary N) is 1. The van der Waals surface area contributed by atoms with Crippen LogP contribution < -0.4 is 11.1 Å². The van der Waals surface area contributed by atoms with Crippen LogP contribution in [0.2, 0.25) is 0 Å². The summed E-state index contributed by atoms with van der Waals surface area (Å²) in [6, 6.07) is 4.98. The average molecular weight is 251 g/mol. The van der Waals surface area contributed by atoms with Crippen molar-refractivity contribution in [2.45, 2.75) is 19.4 Å². The van der Waals surface area contributed by atoms with Crippen LogP contribution in [0.5, 0.6) is 0 Å². The summed E-state index contributed by atoms with van der Waals surface area (Å²) in [4.78, 5) is 32.3. The van der Waals surface area contributed by atoms with Gasteiger partial charge in [-0.3, -0.25) is 19.7 Å². The lowest BCUT2D eigenvalue weighted by molar-refractivity contribution is -0.384. The highest BCUT2D eigenvalue weighted by Crippen LogP contribution is 2.13. The van der Waals surface area contributed by atoms with Crippen molar-refractivity contribution >= 4 is 17.5 Å². The molecule has 0 aliphatic heterocycles. The Morgan fingerprint density at radius 2 is 2.17 bits per heavy atom. The summed E-state index contributed by atoms with van der Waals surface area (Å²) in [7, 11) is 0. The van der Waals surface area contributed by atoms with Crippen molar-refractivity contribution in [2.24, 2.45) is 5.73 Å². The van der Waals surface area contributed by atoms with Gasteiger partial charge >= 0.3 is 0 Å². The summed E-state index contributed by atoms with van der Waals surface area (Å²) in [5, 5.41) is 12.9. The third-order valence-corrected chi connectivity index (χ3v) is 2.29. The lowest BCUT2D eigenvalue weighted by atomic mass is 10.1. The van der Waals surface area contributed by atoms with E-state index in [0.29, 0.717) is 5.56 Å². The SMILES string of the molecule is C[C@H](NC(=O)Cc1cccc([N+](=O)[O-])c1)C(N)=O. The summed E-state index contributed by atoms with van der Waals surface area (Å²) < 4.78 is 0. The molecule has 0 aromatic heterocycles. The van der Waals surface area contributed by atoms with E-state index < -0.39 is 22.8 Å². The van der Waals surface area contributed by atoms with E-state index in [-0.39, 0.29) is 12.1 Å². The van der Waals surface area contributed by atoms with Gasteiger partial charge in [0.05, 0.1) is 11.3 Å². The second kappa shape index (κ2) is 5.76. The second-order valence-corrected chi connectivity index (χ2v) is 3.80. The van der Waals surface area contributed by atoms with Gasteiger partial charge in [0, 0.05) is 12.1 Å². The van der Waals surface area contributed by atoms with Gasteiger partial charge in [0.15, 0.2) is 0 Å². The summed E-state index contributed by atoms with van der Waals surface area (Å²) in [5.41, 5.74) is 5.42. The number of carbonyl (C=O) groups is 2. The van der Waals surface area contributed by atoms with Crippen LogP contribution in [0, 0.1) is 10.1 Å². The molecule has 3 N–H and O–H groups in total. The van der Waals surface area contributed by atoms with E-state index in [2.05, 4.69) is 5.32 Å². The molecule has 0 bridgehead atoms. The topological polar surface area (TPSA) is 115 Å². The quantitative estimate of drug-likeness (QED) is 0.571. The zero-order valence-corrected chi connectivity index (χ0v) is 9.75. The van der Waals surface area contributed by atoms with Gasteiger partial charge in [-0.2, -0.15) is 0 Å². The van der Waals surface area contributed by atoms with E-state index >= 15 is 0 Å². The molecule has 0 unspecified atom stereocenters. The molecule has 1 rings (SSSR count). The maximum absolute atomic E-state index is 11.5. The maximum atomic E-state index is 11.5. The first-order chi connectivity index (χ1) is 8.40. The second-order valence-electron chi connectivity index (χ2n) is 3.80. The smallest absolute Gasteiger partial charge is 0.269 e. The highest BCUT2D eigenvalue weighted by atomic mass is 16.6. The Bertz CT molecular complexity index is 487. The van der Waals surface area contributed by atoms with Crippen LogP contribution in [0.25, 0.3) is 0 Å². The number of nitro benzene ring substituents is 1. The standard InChI is InChI=1S/C11H13N3O4/c1-7(11(12)16)13-10(15)6-8-3-2-4-9(5-8)14(17)18/h2-5,7H,6H2,1H3,(H2,12,16)(H,13,15)/t7-/m0/s1. The molecule has 1 aromatic carbocycles. The number of amides is 2. The van der Waals surface area contributed by atoms with Gasteiger partial charge in [-0.05, 0) is 12.5 Å². The number of carbonyl (C=O) groups excluding carboxylic acids is 2. The first-order valence-electron chi connectivity index (χ1n) is 5.22. The van der Waals surface area contributed by atoms with Gasteiger partial charge in [0.1, 0.15) is 6.04 Å². The molecule has 7 nitrogen and oxygen atoms in total. The van der Waals surface area contributed by atoms with Gasteiger partial charge in [-0.25, -0.2) is 0 Å². The Balaban J connectivity index is 2.67. The largest absolute Gasteiger partial charge is 0.368 e. The Morgan fingerprint density at radius 1 is 1.50 bits per heavy atom. The predicted octanol–water partition coefficient (Wildman–Crippen LogP) is 0.127. The fourth-order valence-corrected chi connectivity index (χ4v) is 1.33. The highest BCUT2D eigenvalue weighted by molar-refractivity contribution is 5.87. The average Bonchev–Trinajstić information content (AvgIpc) is 2.28. The minimum absolute atomic E-state index is 0.0424. The molecule has 2 amide bonds. The summed E-state index contributed by atoms with van der Waals surface area (Å²) in [6.07, 6.45) is -0.0424. The number of rotatable bonds is 5. The molecule has 0 radical (unpaired) electrons. The van der Waals surface area contributed by atoms with Crippen LogP contribution in [0.3, 0.4) is 0 Å². The van der Waals surface area contributed by atoms with E-state index in [1.54, 1.807) is 6.07 Å². The van der Waals surface area contributed by atoms with E-state index in [1.807, 2.05) is 0 Å². The molecule has 96 valence electrons. The van der Waals surface area contributed by atoms with Crippen molar-refractivity contribution in [2.75, 3.05) is 0 Å². The third kappa shape index (κ3) is 3.85. The number of hydrogen-bond donors (Lipinski definition) is 2. The van der Waals surface area contributed by atoms with Crippen molar-refractivity contribution in [1.29, 1.82) is 0 Å². The monoisotopic (exact) mass is 251 g/mol. The molecule has 7 heteroatoms. The normalized spacial score (nSPS) is 11.6. The highest BCUT2D eigenvalue weighted by Gasteiger charge is 2.13. The molecule has 0 aliphatic rings. The van der Waals surface area contributed by atoms with Crippen LogP contribution in [0.4, 0.5) is 5.69 Å². The zero-order chi connectivity index (χ0) is 13.7. The Hall–Kier alpha value is -2.44. The van der Waals surface area contributed by atoms with Gasteiger partial charge in [0.2, 0.25) is 11.8 Å². The minimum atomic E-state index is -0.767. The van der Waals surface area contributed by atoms with Crippen LogP contribution in [-0.2, 0) is 16.0 Å². The van der Waals surface area contributed by atoms with Crippen molar-refractivity contribution in [1.82, 2.24) is 5.32 Å². The lowest BCUT2D eigenvalue weighted by Crippen LogP contribution is -2.42. The number of benzene rings is 1. The summed E-state index contributed by atoms with van der Waals surface area (Å²) in [5.74, 6) is -1.05. The number of non-ortho nitro benzene ring substituents is 1. The number of primary amides is 1. The molecule has 0 aliphatic carbocycles. The van der Waals surface area contributed by atoms with Gasteiger partial charge in [0.25, 0.3) is 5.69 Å². The number of nitrogens with zero attached hydrogens (tertiary/aromatic N) is 1. The molecular weight excluding hydrogens is 238 g/mol. The van der Waals surface area contributed by atoms with Crippen molar-refractivity contribution < 1.29 is 14.5 Å². The molecule has 0 heterocycles. The zero-order valence-electron chi connectivity index (χ0n) is 9.75. The van der Waals surface area contributed by atoms with Crippen LogP contribution >= 0.6 is 0 Å². The Morgan fingerprint density at radius 3 is 2.72 bits per heavy atom. The fourth-order valence-electron chi connectivity index (χ4n) is 1.33. The molecule has 0 saturated heterocycles. The van der Waals surface area contributed by atoms with Gasteiger partial charge < -0.3 is 11.1 Å². The molecule has 0 saturated carbocycles. The van der Waals surface area contributed by atoms with Crippen molar-refractivity contribution in [3.63, 3.8) is 0 Å². The number of hydrogen-bond acceptors (Lipinski definition) is 4. The number of nitrogens with two attached hydrogens (primary N) is 1. The molecule has 0 spiro atoms. The minimum Gasteiger partial charge on any atom is -0.368 e. The maximum Gasteiger partial charge on any atom is 0.269 e. The molecule has 18 heavy (non-hydrogen) atoms. The van der Waals surface area contributed by atoms with E-state index in [9.17, 15) is 19.7 Å². The Labute approximate surface area is 103 Å². The van der Waals surface area contributed by atoms with E-state index in [1.165, 1.54) is 25.1 Å². The van der Waals surface area contributed by atoms with Gasteiger partial charge in [-0.15, -0.1) is 0 Å². The molecule has 1 atom stereocenters. The lowest BCUT2D eigenvalue weighted by Gasteiger charge is -2.09. The van der Waals surface area contributed by atoms with Gasteiger partial charge in [-0.1, -0.05) is 12.1 Å². The van der Waals surface area contributed by atoms with E-state index in [4.69, 9.17) is 5.73 Å². The van der Waals surface area contributed by atoms with Crippen molar-refractivity contribution in [3.8, 4) is 0 Å². The van der Waals surface area contributed by atoms with Crippen molar-refractivity contribution in [3.05, 3.63) is 39.9 Å². The molecule has 1 aromatic rings.